The van der Waals surface area contributed by atoms with Crippen LogP contribution in [0, 0.1) is 17.8 Å². The quantitative estimate of drug-likeness (QED) is 0.138. The number of alkyl halides is 3. The number of ether oxygens (including phenoxy) is 2. The number of benzene rings is 1. The molecule has 2 aromatic heterocycles. The molecule has 3 unspecified atom stereocenters. The summed E-state index contributed by atoms with van der Waals surface area (Å²) in [5.41, 5.74) is -0.218. The number of aromatic nitrogens is 3. The van der Waals surface area contributed by atoms with Gasteiger partial charge in [0.15, 0.2) is 5.82 Å². The van der Waals surface area contributed by atoms with E-state index < -0.39 is 39.5 Å². The summed E-state index contributed by atoms with van der Waals surface area (Å²) in [6.07, 6.45) is 1.56. The van der Waals surface area contributed by atoms with Gasteiger partial charge in [0, 0.05) is 24.3 Å². The van der Waals surface area contributed by atoms with Gasteiger partial charge in [-0.25, -0.2) is 27.6 Å². The third-order valence-electron chi connectivity index (χ3n) is 9.30. The summed E-state index contributed by atoms with van der Waals surface area (Å²) in [6, 6.07) is 10.7. The van der Waals surface area contributed by atoms with Gasteiger partial charge in [-0.15, -0.1) is 5.10 Å². The Morgan fingerprint density at radius 2 is 1.83 bits per heavy atom. The molecule has 2 aliphatic rings. The van der Waals surface area contributed by atoms with Crippen LogP contribution in [0.5, 0.6) is 5.88 Å². The van der Waals surface area contributed by atoms with Crippen LogP contribution in [0.1, 0.15) is 89.1 Å². The summed E-state index contributed by atoms with van der Waals surface area (Å²) in [6.45, 7) is 10.4. The lowest BCUT2D eigenvalue weighted by molar-refractivity contribution is -0.151. The van der Waals surface area contributed by atoms with Gasteiger partial charge in [-0.2, -0.15) is 13.2 Å². The van der Waals surface area contributed by atoms with Crippen LogP contribution in [-0.4, -0.2) is 70.6 Å². The molecule has 11 nitrogen and oxygen atoms in total. The fourth-order valence-corrected chi connectivity index (χ4v) is 7.87. The van der Waals surface area contributed by atoms with E-state index in [1.54, 1.807) is 6.07 Å². The maximum Gasteiger partial charge on any atom is 0.410 e. The summed E-state index contributed by atoms with van der Waals surface area (Å²) in [5, 5.41) is 3.94. The SMILES string of the molecule is CC(C)(C)OC(=O)N1CC(CCCCc2cccc(S(=O)(=O)NC(=O)c3ccc(-n4ccc(OCCC5CC5C(F)(F)F)n4)nc3Cl)c2)CC1(C)C. The summed E-state index contributed by atoms with van der Waals surface area (Å²) < 4.78 is 79.0. The van der Waals surface area contributed by atoms with E-state index in [1.165, 1.54) is 41.2 Å². The van der Waals surface area contributed by atoms with Gasteiger partial charge >= 0.3 is 12.3 Å². The lowest BCUT2D eigenvalue weighted by Crippen LogP contribution is -2.45. The van der Waals surface area contributed by atoms with Crippen LogP contribution in [0.3, 0.4) is 0 Å². The van der Waals surface area contributed by atoms with Crippen LogP contribution in [0.25, 0.3) is 5.82 Å². The van der Waals surface area contributed by atoms with E-state index in [4.69, 9.17) is 21.1 Å². The number of unbranched alkanes of at least 4 members (excludes halogenated alkanes) is 1. The summed E-state index contributed by atoms with van der Waals surface area (Å²) >= 11 is 6.28. The number of hydrogen-bond acceptors (Lipinski definition) is 8. The molecule has 3 atom stereocenters. The van der Waals surface area contributed by atoms with E-state index in [2.05, 4.69) is 28.7 Å². The Kier molecular flexibility index (Phi) is 11.5. The van der Waals surface area contributed by atoms with Crippen molar-refractivity contribution in [3.63, 3.8) is 0 Å². The van der Waals surface area contributed by atoms with Crippen molar-refractivity contribution < 1.29 is 40.7 Å². The minimum atomic E-state index is -4.24. The molecule has 1 N–H and O–H groups in total. The fraction of sp³-hybridized carbons (Fsp3) is 0.556. The lowest BCUT2D eigenvalue weighted by Gasteiger charge is -2.33. The van der Waals surface area contributed by atoms with Gasteiger partial charge in [0.2, 0.25) is 5.88 Å². The third-order valence-corrected chi connectivity index (χ3v) is 10.9. The second-order valence-corrected chi connectivity index (χ2v) is 17.2. The number of rotatable bonds is 13. The summed E-state index contributed by atoms with van der Waals surface area (Å²) in [7, 11) is -4.24. The Bertz CT molecular complexity index is 1880. The molecule has 16 heteroatoms. The first-order valence-corrected chi connectivity index (χ1v) is 19.2. The number of pyridine rings is 1. The molecule has 284 valence electrons. The third kappa shape index (κ3) is 10.2. The molecule has 52 heavy (non-hydrogen) atoms. The zero-order chi connectivity index (χ0) is 38.1. The number of nitrogens with zero attached hydrogens (tertiary/aromatic N) is 4. The van der Waals surface area contributed by atoms with Crippen molar-refractivity contribution in [3.8, 4) is 11.7 Å². The molecule has 1 saturated heterocycles. The van der Waals surface area contributed by atoms with E-state index >= 15 is 0 Å². The molecule has 0 radical (unpaired) electrons. The Balaban J connectivity index is 1.10. The summed E-state index contributed by atoms with van der Waals surface area (Å²) in [5.74, 6) is -1.94. The van der Waals surface area contributed by atoms with Crippen molar-refractivity contribution in [1.29, 1.82) is 0 Å². The average Bonchev–Trinajstić information content (AvgIpc) is 3.56. The normalized spacial score (nSPS) is 20.1. The largest absolute Gasteiger partial charge is 0.477 e. The highest BCUT2D eigenvalue weighted by Crippen LogP contribution is 2.51. The highest BCUT2D eigenvalue weighted by atomic mass is 35.5. The van der Waals surface area contributed by atoms with E-state index in [-0.39, 0.29) is 58.4 Å². The van der Waals surface area contributed by atoms with E-state index in [0.29, 0.717) is 18.9 Å². The number of likely N-dealkylation sites (tertiary alicyclic amines) is 1. The van der Waals surface area contributed by atoms with Gasteiger partial charge < -0.3 is 14.4 Å². The molecule has 1 aromatic carbocycles. The van der Waals surface area contributed by atoms with Gasteiger partial charge in [0.1, 0.15) is 10.8 Å². The van der Waals surface area contributed by atoms with Gasteiger partial charge in [0.05, 0.1) is 23.0 Å². The average molecular weight is 768 g/mol. The Morgan fingerprint density at radius 1 is 1.08 bits per heavy atom. The molecule has 3 aromatic rings. The molecular weight excluding hydrogens is 723 g/mol. The molecule has 1 saturated carbocycles. The zero-order valence-electron chi connectivity index (χ0n) is 29.9. The lowest BCUT2D eigenvalue weighted by atomic mass is 9.92. The Hall–Kier alpha value is -3.85. The Morgan fingerprint density at radius 3 is 2.50 bits per heavy atom. The predicted octanol–water partition coefficient (Wildman–Crippen LogP) is 7.76. The van der Waals surface area contributed by atoms with Crippen molar-refractivity contribution >= 4 is 33.6 Å². The molecular formula is C36H45ClF3N5O6S. The molecule has 2 amide bonds. The van der Waals surface area contributed by atoms with Gasteiger partial charge in [-0.05, 0) is 115 Å². The number of carbonyl (C=O) groups excluding carboxylic acids is 2. The first-order chi connectivity index (χ1) is 24.2. The zero-order valence-corrected chi connectivity index (χ0v) is 31.4. The van der Waals surface area contributed by atoms with Crippen molar-refractivity contribution in [3.05, 3.63) is 64.9 Å². The molecule has 1 aliphatic carbocycles. The monoisotopic (exact) mass is 767 g/mol. The van der Waals surface area contributed by atoms with Crippen LogP contribution in [0.4, 0.5) is 18.0 Å². The second-order valence-electron chi connectivity index (χ2n) is 15.2. The minimum Gasteiger partial charge on any atom is -0.477 e. The number of sulfonamides is 1. The molecule has 0 bridgehead atoms. The van der Waals surface area contributed by atoms with Gasteiger partial charge in [0.25, 0.3) is 15.9 Å². The van der Waals surface area contributed by atoms with Crippen LogP contribution in [0.15, 0.2) is 53.6 Å². The molecule has 1 aliphatic heterocycles. The predicted molar refractivity (Wildman–Crippen MR) is 188 cm³/mol. The number of nitrogens with one attached hydrogen (secondary N) is 1. The molecule has 0 spiro atoms. The van der Waals surface area contributed by atoms with Crippen molar-refractivity contribution in [2.24, 2.45) is 17.8 Å². The number of aryl methyl sites for hydroxylation is 1. The number of hydrogen-bond donors (Lipinski definition) is 1. The van der Waals surface area contributed by atoms with E-state index in [0.717, 1.165) is 31.2 Å². The number of halogens is 4. The highest BCUT2D eigenvalue weighted by Gasteiger charge is 2.55. The van der Waals surface area contributed by atoms with Crippen LogP contribution < -0.4 is 9.46 Å². The standard InChI is InChI=1S/C36H45ClF3N5O6S/c1-34(2,3)51-33(47)44-22-24(21-35(44,4)5)10-7-6-9-23-11-8-12-26(19-23)52(48,49)43-32(46)27-13-14-29(41-31(27)37)45-17-15-30(42-45)50-18-16-25-20-28(25)36(38,39)40/h8,11-15,17,19,24-25,28H,6-7,9-10,16,18,20-22H2,1-5H3,(H,43,46). The van der Waals surface area contributed by atoms with Crippen molar-refractivity contribution in [2.45, 2.75) is 102 Å². The van der Waals surface area contributed by atoms with Crippen LogP contribution in [-0.2, 0) is 21.2 Å². The smallest absolute Gasteiger partial charge is 0.410 e. The molecule has 3 heterocycles. The maximum atomic E-state index is 13.2. The van der Waals surface area contributed by atoms with Crippen LogP contribution >= 0.6 is 11.6 Å². The van der Waals surface area contributed by atoms with Crippen LogP contribution in [0.2, 0.25) is 5.15 Å². The second kappa shape index (κ2) is 15.2. The summed E-state index contributed by atoms with van der Waals surface area (Å²) in [4.78, 5) is 31.7. The van der Waals surface area contributed by atoms with E-state index in [1.807, 2.05) is 31.7 Å². The first kappa shape index (κ1) is 39.4. The Labute approximate surface area is 307 Å². The molecule has 2 fully saturated rings. The maximum absolute atomic E-state index is 13.2. The van der Waals surface area contributed by atoms with Gasteiger partial charge in [-0.1, -0.05) is 30.2 Å². The van der Waals surface area contributed by atoms with Crippen molar-refractivity contribution in [1.82, 2.24) is 24.4 Å². The van der Waals surface area contributed by atoms with Crippen molar-refractivity contribution in [2.75, 3.05) is 13.2 Å². The number of amides is 2. The highest BCUT2D eigenvalue weighted by molar-refractivity contribution is 7.90. The first-order valence-electron chi connectivity index (χ1n) is 17.3. The van der Waals surface area contributed by atoms with E-state index in [9.17, 15) is 31.2 Å². The number of carbonyl (C=O) groups is 2. The fourth-order valence-electron chi connectivity index (χ4n) is 6.60. The minimum absolute atomic E-state index is 0.0655. The van der Waals surface area contributed by atoms with Gasteiger partial charge in [-0.3, -0.25) is 4.79 Å². The molecule has 5 rings (SSSR count). The topological polar surface area (TPSA) is 133 Å².